The first-order valence-corrected chi connectivity index (χ1v) is 11.4. The summed E-state index contributed by atoms with van der Waals surface area (Å²) in [6, 6.07) is 0. The molecular formula is C24H38O8. The Kier molecular flexibility index (Phi) is 19.8. The minimum Gasteiger partial charge on any atom is -0.466 e. The van der Waals surface area contributed by atoms with Crippen LogP contribution in [0, 0.1) is 0 Å². The summed E-state index contributed by atoms with van der Waals surface area (Å²) in [6.45, 7) is 8.16. The predicted octanol–water partition coefficient (Wildman–Crippen LogP) is 4.21. The molecule has 0 saturated heterocycles. The van der Waals surface area contributed by atoms with Crippen LogP contribution in [-0.2, 0) is 38.1 Å². The van der Waals surface area contributed by atoms with E-state index in [0.29, 0.717) is 52.1 Å². The lowest BCUT2D eigenvalue weighted by Gasteiger charge is -2.06. The highest BCUT2D eigenvalue weighted by Gasteiger charge is 2.06. The molecule has 0 aromatic heterocycles. The van der Waals surface area contributed by atoms with Gasteiger partial charge in [-0.05, 0) is 64.2 Å². The van der Waals surface area contributed by atoms with E-state index in [1.54, 1.807) is 0 Å². The molecule has 0 aliphatic rings. The van der Waals surface area contributed by atoms with Gasteiger partial charge in [0.05, 0.1) is 26.4 Å². The fourth-order valence-electron chi connectivity index (χ4n) is 2.63. The molecule has 0 atom stereocenters. The summed E-state index contributed by atoms with van der Waals surface area (Å²) in [5.41, 5.74) is 0. The number of hydrogen-bond donors (Lipinski definition) is 0. The van der Waals surface area contributed by atoms with Crippen LogP contribution in [0.3, 0.4) is 0 Å². The highest BCUT2D eigenvalue weighted by molar-refractivity contribution is 5.81. The second kappa shape index (κ2) is 21.6. The van der Waals surface area contributed by atoms with Gasteiger partial charge in [-0.2, -0.15) is 0 Å². The van der Waals surface area contributed by atoms with Crippen molar-refractivity contribution >= 4 is 23.9 Å². The first kappa shape index (κ1) is 29.4. The van der Waals surface area contributed by atoms with Crippen molar-refractivity contribution < 1.29 is 38.1 Å². The molecule has 8 heteroatoms. The lowest BCUT2D eigenvalue weighted by atomic mass is 10.2. The van der Waals surface area contributed by atoms with Crippen molar-refractivity contribution in [2.45, 2.75) is 77.0 Å². The third-order valence-electron chi connectivity index (χ3n) is 4.44. The van der Waals surface area contributed by atoms with E-state index >= 15 is 0 Å². The van der Waals surface area contributed by atoms with Gasteiger partial charge in [0.2, 0.25) is 0 Å². The fraction of sp³-hybridized carbons (Fsp3) is 0.667. The second-order valence-corrected chi connectivity index (χ2v) is 7.22. The van der Waals surface area contributed by atoms with Gasteiger partial charge in [0.25, 0.3) is 0 Å². The molecule has 0 aliphatic heterocycles. The molecule has 0 aliphatic carbocycles. The summed E-state index contributed by atoms with van der Waals surface area (Å²) in [6.07, 6.45) is 10.7. The summed E-state index contributed by atoms with van der Waals surface area (Å²) >= 11 is 0. The van der Waals surface area contributed by atoms with Crippen molar-refractivity contribution in [3.63, 3.8) is 0 Å². The monoisotopic (exact) mass is 454 g/mol. The lowest BCUT2D eigenvalue weighted by molar-refractivity contribution is -0.146. The van der Waals surface area contributed by atoms with Crippen LogP contribution in [0.25, 0.3) is 0 Å². The zero-order valence-electron chi connectivity index (χ0n) is 19.1. The molecule has 0 unspecified atom stereocenters. The molecule has 0 rings (SSSR count). The molecule has 0 bridgehead atoms. The molecule has 32 heavy (non-hydrogen) atoms. The number of carbonyl (C=O) groups is 4. The van der Waals surface area contributed by atoms with Crippen LogP contribution in [0.2, 0.25) is 0 Å². The van der Waals surface area contributed by atoms with Crippen LogP contribution < -0.4 is 0 Å². The van der Waals surface area contributed by atoms with E-state index in [0.717, 1.165) is 63.5 Å². The predicted molar refractivity (Wildman–Crippen MR) is 120 cm³/mol. The molecule has 0 fully saturated rings. The highest BCUT2D eigenvalue weighted by Crippen LogP contribution is 2.06. The van der Waals surface area contributed by atoms with Crippen LogP contribution in [0.1, 0.15) is 77.0 Å². The van der Waals surface area contributed by atoms with E-state index in [9.17, 15) is 19.2 Å². The SMILES string of the molecule is C=CC(=O)OCCCCCCOC(=O)CCCCC(=O)OCCCCCCOC(=O)C=C. The molecule has 0 radical (unpaired) electrons. The van der Waals surface area contributed by atoms with E-state index < -0.39 is 11.9 Å². The first-order chi connectivity index (χ1) is 15.5. The zero-order chi connectivity index (χ0) is 23.9. The minimum absolute atomic E-state index is 0.253. The standard InChI is InChI=1S/C24H38O8/c1-3-21(25)29-17-11-5-7-13-19-31-23(27)15-9-10-16-24(28)32-20-14-8-6-12-18-30-22(26)4-2/h3-4H,1-2,5-20H2. The van der Waals surface area contributed by atoms with E-state index in [1.165, 1.54) is 0 Å². The van der Waals surface area contributed by atoms with Crippen LogP contribution in [-0.4, -0.2) is 50.3 Å². The van der Waals surface area contributed by atoms with Gasteiger partial charge in [-0.15, -0.1) is 0 Å². The molecule has 0 N–H and O–H groups in total. The molecule has 0 saturated carbocycles. The lowest BCUT2D eigenvalue weighted by Crippen LogP contribution is -2.08. The van der Waals surface area contributed by atoms with Gasteiger partial charge in [0, 0.05) is 25.0 Å². The third-order valence-corrected chi connectivity index (χ3v) is 4.44. The zero-order valence-corrected chi connectivity index (χ0v) is 19.1. The van der Waals surface area contributed by atoms with Gasteiger partial charge in [-0.1, -0.05) is 13.2 Å². The minimum atomic E-state index is -0.412. The molecule has 182 valence electrons. The Balaban J connectivity index is 3.38. The Hall–Kier alpha value is -2.64. The number of esters is 4. The Morgan fingerprint density at radius 3 is 1.09 bits per heavy atom. The normalized spacial score (nSPS) is 10.1. The van der Waals surface area contributed by atoms with Crippen molar-refractivity contribution in [1.29, 1.82) is 0 Å². The first-order valence-electron chi connectivity index (χ1n) is 11.4. The summed E-state index contributed by atoms with van der Waals surface area (Å²) < 4.78 is 20.1. The maximum Gasteiger partial charge on any atom is 0.330 e. The smallest absolute Gasteiger partial charge is 0.330 e. The summed E-state index contributed by atoms with van der Waals surface area (Å²) in [5, 5.41) is 0. The molecule has 0 amide bonds. The van der Waals surface area contributed by atoms with Crippen molar-refractivity contribution in [2.24, 2.45) is 0 Å². The largest absolute Gasteiger partial charge is 0.466 e. The van der Waals surface area contributed by atoms with E-state index in [-0.39, 0.29) is 11.9 Å². The van der Waals surface area contributed by atoms with Gasteiger partial charge in [-0.25, -0.2) is 9.59 Å². The quantitative estimate of drug-likeness (QED) is 0.110. The average molecular weight is 455 g/mol. The molecule has 8 nitrogen and oxygen atoms in total. The second-order valence-electron chi connectivity index (χ2n) is 7.22. The fourth-order valence-corrected chi connectivity index (χ4v) is 2.63. The Morgan fingerprint density at radius 1 is 0.469 bits per heavy atom. The summed E-state index contributed by atoms with van der Waals surface area (Å²) in [5.74, 6) is -1.33. The summed E-state index contributed by atoms with van der Waals surface area (Å²) in [4.78, 5) is 45.0. The van der Waals surface area contributed by atoms with Crippen molar-refractivity contribution in [1.82, 2.24) is 0 Å². The van der Waals surface area contributed by atoms with Crippen LogP contribution in [0.4, 0.5) is 0 Å². The highest BCUT2D eigenvalue weighted by atomic mass is 16.5. The molecule has 0 aromatic rings. The number of ether oxygens (including phenoxy) is 4. The Bertz CT molecular complexity index is 520. The van der Waals surface area contributed by atoms with E-state index in [2.05, 4.69) is 13.2 Å². The van der Waals surface area contributed by atoms with Gasteiger partial charge >= 0.3 is 23.9 Å². The Labute approximate surface area is 191 Å². The number of rotatable bonds is 21. The van der Waals surface area contributed by atoms with Crippen molar-refractivity contribution in [3.8, 4) is 0 Å². The molecular weight excluding hydrogens is 416 g/mol. The van der Waals surface area contributed by atoms with Crippen LogP contribution in [0.15, 0.2) is 25.3 Å². The molecule has 0 spiro atoms. The van der Waals surface area contributed by atoms with E-state index in [1.807, 2.05) is 0 Å². The number of unbranched alkanes of at least 4 members (excludes halogenated alkanes) is 7. The van der Waals surface area contributed by atoms with Crippen molar-refractivity contribution in [2.75, 3.05) is 26.4 Å². The van der Waals surface area contributed by atoms with Crippen LogP contribution >= 0.6 is 0 Å². The average Bonchev–Trinajstić information content (AvgIpc) is 2.79. The topological polar surface area (TPSA) is 105 Å². The number of hydrogen-bond acceptors (Lipinski definition) is 8. The maximum atomic E-state index is 11.7. The molecule has 0 heterocycles. The summed E-state index contributed by atoms with van der Waals surface area (Å²) in [7, 11) is 0. The Morgan fingerprint density at radius 2 is 0.781 bits per heavy atom. The van der Waals surface area contributed by atoms with Crippen LogP contribution in [0.5, 0.6) is 0 Å². The molecule has 0 aromatic carbocycles. The van der Waals surface area contributed by atoms with E-state index in [4.69, 9.17) is 18.9 Å². The van der Waals surface area contributed by atoms with Gasteiger partial charge in [-0.3, -0.25) is 9.59 Å². The van der Waals surface area contributed by atoms with Gasteiger partial charge < -0.3 is 18.9 Å². The van der Waals surface area contributed by atoms with Gasteiger partial charge in [0.1, 0.15) is 0 Å². The van der Waals surface area contributed by atoms with Gasteiger partial charge in [0.15, 0.2) is 0 Å². The van der Waals surface area contributed by atoms with Crippen molar-refractivity contribution in [3.05, 3.63) is 25.3 Å². The third kappa shape index (κ3) is 20.6. The maximum absolute atomic E-state index is 11.7. The number of carbonyl (C=O) groups excluding carboxylic acids is 4.